The summed E-state index contributed by atoms with van der Waals surface area (Å²) < 4.78 is 9.72. The Morgan fingerprint density at radius 1 is 0.234 bits per heavy atom. The van der Waals surface area contributed by atoms with Crippen LogP contribution >= 0.6 is 22.7 Å². The van der Waals surface area contributed by atoms with Crippen LogP contribution in [0.4, 0.5) is 17.1 Å². The van der Waals surface area contributed by atoms with Gasteiger partial charge < -0.3 is 14.0 Å². The first kappa shape index (κ1) is 71.2. The Morgan fingerprint density at radius 3 is 1.24 bits per heavy atom. The first-order chi connectivity index (χ1) is 61.5. The highest BCUT2D eigenvalue weighted by Gasteiger charge is 2.52. The summed E-state index contributed by atoms with van der Waals surface area (Å²) in [6.07, 6.45) is 7.38. The molecule has 0 amide bonds. The standard InChI is InChI=1S/C71H44N4S.C44H27N3S/c1-4-17-45(18-5-1)47-29-32-50(33-30-47)74(52-34-37-56-55-25-12-15-28-62(55)71(63(56)43-52)60-26-13-10-23-53(60)54-24-11-14-27-61(54)71)51-35-38-66-58(42-51)68-67-57-36-31-48(46-19-6-2-7-20-46)41-64(57)75(49-21-8-3-9-22-49)65(67)44-59(69(68)76-66)70-72-39-16-40-73-70;1-3-11-28(12-4-1)31-19-21-38-34(25-31)41-39(47(38)37-18-9-16-30-15-7-8-17-33(30)37)27-36(44-45-23-10-24-46-44)43-42(41)35-26-32(20-22-40(35)48-43)29-13-5-2-6-14-29/h1-44H;1-27H. The number of benzene rings is 18. The lowest BCUT2D eigenvalue weighted by Gasteiger charge is -2.32. The summed E-state index contributed by atoms with van der Waals surface area (Å²) in [7, 11) is 0. The van der Waals surface area contributed by atoms with Crippen LogP contribution in [0.25, 0.3) is 196 Å². The molecule has 26 rings (SSSR count). The first-order valence-corrected chi connectivity index (χ1v) is 43.7. The lowest BCUT2D eigenvalue weighted by molar-refractivity contribution is 0.793. The van der Waals surface area contributed by atoms with Crippen molar-refractivity contribution in [3.63, 3.8) is 0 Å². The number of hydrogen-bond acceptors (Lipinski definition) is 7. The van der Waals surface area contributed by atoms with Gasteiger partial charge in [0.05, 0.1) is 33.2 Å². The fourth-order valence-corrected chi connectivity index (χ4v) is 22.7. The molecule has 2 aliphatic rings. The third-order valence-corrected chi connectivity index (χ3v) is 28.0. The third-order valence-electron chi connectivity index (χ3n) is 25.6. The molecular weight excluding hydrogens is 1540 g/mol. The molecule has 0 radical (unpaired) electrons. The maximum absolute atomic E-state index is 4.92. The van der Waals surface area contributed by atoms with Crippen LogP contribution in [0.2, 0.25) is 0 Å². The average Bonchev–Trinajstić information content (AvgIpc) is 1.51. The predicted molar refractivity (Wildman–Crippen MR) is 520 cm³/mol. The number of nitrogens with zero attached hydrogens (tertiary/aromatic N) is 7. The minimum Gasteiger partial charge on any atom is -0.310 e. The van der Waals surface area contributed by atoms with E-state index in [1.807, 2.05) is 59.6 Å². The molecule has 6 aromatic heterocycles. The second-order valence-corrected chi connectivity index (χ2v) is 34.3. The molecule has 1 spiro atoms. The lowest BCUT2D eigenvalue weighted by Crippen LogP contribution is -2.26. The van der Waals surface area contributed by atoms with Gasteiger partial charge in [0, 0.05) is 126 Å². The van der Waals surface area contributed by atoms with Crippen LogP contribution in [0.5, 0.6) is 0 Å². The highest BCUT2D eigenvalue weighted by Crippen LogP contribution is 2.64. The molecule has 0 unspecified atom stereocenters. The van der Waals surface area contributed by atoms with Crippen LogP contribution in [0, 0.1) is 0 Å². The van der Waals surface area contributed by atoms with Crippen molar-refractivity contribution in [2.45, 2.75) is 5.41 Å². The number of para-hydroxylation sites is 1. The summed E-state index contributed by atoms with van der Waals surface area (Å²) in [6, 6.07) is 149. The second kappa shape index (κ2) is 28.7. The fourth-order valence-electron chi connectivity index (χ4n) is 20.3. The summed E-state index contributed by atoms with van der Waals surface area (Å²) in [6.45, 7) is 0. The van der Waals surface area contributed by atoms with Gasteiger partial charge in [0.15, 0.2) is 11.6 Å². The van der Waals surface area contributed by atoms with E-state index in [1.165, 1.54) is 167 Å². The van der Waals surface area contributed by atoms with E-state index >= 15 is 0 Å². The Labute approximate surface area is 722 Å². The molecule has 0 bridgehead atoms. The maximum atomic E-state index is 4.92. The predicted octanol–water partition coefficient (Wildman–Crippen LogP) is 30.9. The van der Waals surface area contributed by atoms with Crippen LogP contribution in [0.15, 0.2) is 431 Å². The van der Waals surface area contributed by atoms with Gasteiger partial charge in [0.25, 0.3) is 0 Å². The molecule has 0 saturated heterocycles. The number of aromatic nitrogens is 6. The highest BCUT2D eigenvalue weighted by molar-refractivity contribution is 7.27. The van der Waals surface area contributed by atoms with E-state index in [4.69, 9.17) is 19.9 Å². The molecule has 24 aromatic rings. The molecule has 578 valence electrons. The van der Waals surface area contributed by atoms with Crippen molar-refractivity contribution in [3.05, 3.63) is 453 Å². The van der Waals surface area contributed by atoms with Crippen LogP contribution in [-0.2, 0) is 5.41 Å². The van der Waals surface area contributed by atoms with E-state index in [0.717, 1.165) is 61.9 Å². The van der Waals surface area contributed by atoms with Crippen molar-refractivity contribution >= 4 is 134 Å². The van der Waals surface area contributed by atoms with E-state index in [0.29, 0.717) is 5.82 Å². The van der Waals surface area contributed by atoms with Gasteiger partial charge in [-0.05, 0) is 210 Å². The molecule has 9 heteroatoms. The van der Waals surface area contributed by atoms with Gasteiger partial charge >= 0.3 is 0 Å². The second-order valence-electron chi connectivity index (χ2n) is 32.2. The Kier molecular flexibility index (Phi) is 16.5. The zero-order valence-corrected chi connectivity index (χ0v) is 68.6. The van der Waals surface area contributed by atoms with Crippen LogP contribution in [0.3, 0.4) is 0 Å². The number of fused-ring (bicyclic) bond motifs is 25. The first-order valence-electron chi connectivity index (χ1n) is 42.1. The van der Waals surface area contributed by atoms with Gasteiger partial charge in [0.2, 0.25) is 0 Å². The number of anilines is 3. The van der Waals surface area contributed by atoms with Gasteiger partial charge in [-0.25, -0.2) is 19.9 Å². The molecule has 0 N–H and O–H groups in total. The molecule has 7 nitrogen and oxygen atoms in total. The van der Waals surface area contributed by atoms with E-state index in [9.17, 15) is 0 Å². The minimum atomic E-state index is -0.486. The third kappa shape index (κ3) is 11.1. The molecule has 2 aliphatic carbocycles. The molecule has 0 aliphatic heterocycles. The molecule has 6 heterocycles. The van der Waals surface area contributed by atoms with Crippen LogP contribution in [-0.4, -0.2) is 29.1 Å². The highest BCUT2D eigenvalue weighted by atomic mass is 32.1. The van der Waals surface area contributed by atoms with Crippen molar-refractivity contribution in [2.24, 2.45) is 0 Å². The maximum Gasteiger partial charge on any atom is 0.160 e. The van der Waals surface area contributed by atoms with Gasteiger partial charge in [-0.3, -0.25) is 0 Å². The Balaban J connectivity index is 0.000000151. The molecule has 0 saturated carbocycles. The number of hydrogen-bond donors (Lipinski definition) is 0. The molecule has 124 heavy (non-hydrogen) atoms. The van der Waals surface area contributed by atoms with Gasteiger partial charge in [0.1, 0.15) is 0 Å². The van der Waals surface area contributed by atoms with E-state index in [2.05, 4.69) is 408 Å². The Bertz CT molecular complexity index is 8330. The van der Waals surface area contributed by atoms with Gasteiger partial charge in [-0.2, -0.15) is 0 Å². The monoisotopic (exact) mass is 1610 g/mol. The normalized spacial score (nSPS) is 12.4. The number of thiophene rings is 2. The van der Waals surface area contributed by atoms with E-state index in [1.54, 1.807) is 0 Å². The quantitative estimate of drug-likeness (QED) is 0.129. The van der Waals surface area contributed by atoms with Gasteiger partial charge in [-0.15, -0.1) is 22.7 Å². The Morgan fingerprint density at radius 2 is 0.653 bits per heavy atom. The zero-order valence-electron chi connectivity index (χ0n) is 66.9. The molecular formula is C115H71N7S2. The van der Waals surface area contributed by atoms with Crippen molar-refractivity contribution in [1.29, 1.82) is 0 Å². The summed E-state index contributed by atoms with van der Waals surface area (Å²) in [5.74, 6) is 1.44. The summed E-state index contributed by atoms with van der Waals surface area (Å²) in [4.78, 5) is 21.9. The summed E-state index contributed by atoms with van der Waals surface area (Å²) in [5, 5.41) is 12.2. The fraction of sp³-hybridized carbons (Fsp3) is 0.00870. The topological polar surface area (TPSA) is 64.7 Å². The zero-order chi connectivity index (χ0) is 81.5. The van der Waals surface area contributed by atoms with Crippen molar-refractivity contribution in [2.75, 3.05) is 4.90 Å². The molecule has 0 fully saturated rings. The summed E-state index contributed by atoms with van der Waals surface area (Å²) >= 11 is 3.65. The number of rotatable bonds is 11. The summed E-state index contributed by atoms with van der Waals surface area (Å²) in [5.41, 5.74) is 31.6. The largest absolute Gasteiger partial charge is 0.310 e. The van der Waals surface area contributed by atoms with Crippen molar-refractivity contribution < 1.29 is 0 Å². The molecule has 0 atom stereocenters. The van der Waals surface area contributed by atoms with Gasteiger partial charge in [-0.1, -0.05) is 291 Å². The Hall–Kier alpha value is -15.8. The lowest BCUT2D eigenvalue weighted by atomic mass is 9.70. The van der Waals surface area contributed by atoms with E-state index < -0.39 is 5.41 Å². The SMILES string of the molecule is c1ccc(-c2ccc(N(c3ccc4c(c3)C3(c5ccccc5-c5ccccc53)c3ccccc3-4)c3ccc4sc5c(-c6ncccn6)cc6c(c7ccc(-c8ccccc8)cc7n6-c6ccccc6)c5c4c3)cc2)cc1.c1ccc(-c2ccc3sc4c(-c5ncccn5)cc5c(c6cc(-c7ccccc7)ccc6n5-c5cccc6ccccc56)c4c3c2)cc1. The van der Waals surface area contributed by atoms with Crippen molar-refractivity contribution in [1.82, 2.24) is 29.1 Å². The minimum absolute atomic E-state index is 0.486. The van der Waals surface area contributed by atoms with Crippen LogP contribution < -0.4 is 4.90 Å². The average molecular weight is 1620 g/mol. The smallest absolute Gasteiger partial charge is 0.160 e. The molecule has 18 aromatic carbocycles. The van der Waals surface area contributed by atoms with E-state index in [-0.39, 0.29) is 0 Å². The van der Waals surface area contributed by atoms with Crippen LogP contribution in [0.1, 0.15) is 22.3 Å². The van der Waals surface area contributed by atoms with Crippen molar-refractivity contribution in [3.8, 4) is 101 Å².